The standard InChI is InChI=1S/C10H15N/c1-8(2)9(3)10-4-6-11-7-5-10/h4-9H,1-3H3/t9-/m0/s1. The highest BCUT2D eigenvalue weighted by atomic mass is 14.6. The van der Waals surface area contributed by atoms with Crippen LogP contribution in [-0.4, -0.2) is 4.98 Å². The molecule has 0 amide bonds. The first-order valence-corrected chi connectivity index (χ1v) is 4.11. The van der Waals surface area contributed by atoms with Crippen molar-refractivity contribution in [2.75, 3.05) is 0 Å². The predicted molar refractivity (Wildman–Crippen MR) is 47.5 cm³/mol. The van der Waals surface area contributed by atoms with Gasteiger partial charge in [0.25, 0.3) is 0 Å². The Hall–Kier alpha value is -0.850. The zero-order valence-corrected chi connectivity index (χ0v) is 7.41. The molecule has 0 aliphatic heterocycles. The van der Waals surface area contributed by atoms with Gasteiger partial charge in [0.2, 0.25) is 0 Å². The van der Waals surface area contributed by atoms with E-state index in [1.165, 1.54) is 5.56 Å². The Labute approximate surface area is 68.5 Å². The monoisotopic (exact) mass is 149 g/mol. The lowest BCUT2D eigenvalue weighted by Crippen LogP contribution is -2.01. The summed E-state index contributed by atoms with van der Waals surface area (Å²) >= 11 is 0. The number of aromatic nitrogens is 1. The van der Waals surface area contributed by atoms with Crippen molar-refractivity contribution in [2.45, 2.75) is 26.7 Å². The van der Waals surface area contributed by atoms with Crippen LogP contribution in [0.5, 0.6) is 0 Å². The third-order valence-electron chi connectivity index (χ3n) is 2.23. The fourth-order valence-electron chi connectivity index (χ4n) is 1.05. The summed E-state index contributed by atoms with van der Waals surface area (Å²) in [4.78, 5) is 3.99. The van der Waals surface area contributed by atoms with Crippen molar-refractivity contribution in [2.24, 2.45) is 5.92 Å². The van der Waals surface area contributed by atoms with Gasteiger partial charge in [0.15, 0.2) is 0 Å². The summed E-state index contributed by atoms with van der Waals surface area (Å²) in [5.74, 6) is 1.34. The minimum Gasteiger partial charge on any atom is -0.265 e. The van der Waals surface area contributed by atoms with E-state index >= 15 is 0 Å². The topological polar surface area (TPSA) is 12.9 Å². The average Bonchev–Trinajstić information content (AvgIpc) is 2.05. The van der Waals surface area contributed by atoms with E-state index in [9.17, 15) is 0 Å². The van der Waals surface area contributed by atoms with Gasteiger partial charge < -0.3 is 0 Å². The zero-order chi connectivity index (χ0) is 8.27. The van der Waals surface area contributed by atoms with Crippen LogP contribution in [0.25, 0.3) is 0 Å². The minimum atomic E-state index is 0.637. The largest absolute Gasteiger partial charge is 0.265 e. The molecule has 0 spiro atoms. The molecule has 1 heteroatoms. The zero-order valence-electron chi connectivity index (χ0n) is 7.41. The number of pyridine rings is 1. The number of hydrogen-bond donors (Lipinski definition) is 0. The summed E-state index contributed by atoms with van der Waals surface area (Å²) < 4.78 is 0. The number of hydrogen-bond acceptors (Lipinski definition) is 1. The van der Waals surface area contributed by atoms with Crippen molar-refractivity contribution in [3.63, 3.8) is 0 Å². The van der Waals surface area contributed by atoms with Crippen LogP contribution in [0.1, 0.15) is 32.3 Å². The van der Waals surface area contributed by atoms with Gasteiger partial charge in [0.05, 0.1) is 0 Å². The lowest BCUT2D eigenvalue weighted by atomic mass is 9.91. The van der Waals surface area contributed by atoms with Crippen molar-refractivity contribution in [3.05, 3.63) is 30.1 Å². The maximum Gasteiger partial charge on any atom is 0.0270 e. The summed E-state index contributed by atoms with van der Waals surface area (Å²) in [6, 6.07) is 4.18. The summed E-state index contributed by atoms with van der Waals surface area (Å²) in [6.45, 7) is 6.73. The Bertz CT molecular complexity index is 203. The molecular formula is C10H15N. The molecule has 0 aliphatic carbocycles. The van der Waals surface area contributed by atoms with Gasteiger partial charge in [-0.1, -0.05) is 20.8 Å². The van der Waals surface area contributed by atoms with Gasteiger partial charge in [-0.25, -0.2) is 0 Å². The molecule has 0 saturated carbocycles. The van der Waals surface area contributed by atoms with Crippen molar-refractivity contribution in [3.8, 4) is 0 Å². The maximum atomic E-state index is 3.99. The van der Waals surface area contributed by atoms with Gasteiger partial charge in [-0.05, 0) is 29.5 Å². The molecule has 60 valence electrons. The second-order valence-electron chi connectivity index (χ2n) is 3.31. The lowest BCUT2D eigenvalue weighted by molar-refractivity contribution is 0.534. The molecule has 1 atom stereocenters. The second-order valence-corrected chi connectivity index (χ2v) is 3.31. The predicted octanol–water partition coefficient (Wildman–Crippen LogP) is 2.84. The van der Waals surface area contributed by atoms with Gasteiger partial charge in [-0.2, -0.15) is 0 Å². The molecule has 0 aromatic carbocycles. The van der Waals surface area contributed by atoms with E-state index in [1.807, 2.05) is 12.4 Å². The van der Waals surface area contributed by atoms with E-state index in [2.05, 4.69) is 37.9 Å². The highest BCUT2D eigenvalue weighted by molar-refractivity contribution is 5.15. The molecule has 0 saturated heterocycles. The van der Waals surface area contributed by atoms with E-state index < -0.39 is 0 Å². The molecule has 1 rings (SSSR count). The summed E-state index contributed by atoms with van der Waals surface area (Å²) in [7, 11) is 0. The Balaban J connectivity index is 2.77. The average molecular weight is 149 g/mol. The normalized spacial score (nSPS) is 13.5. The molecular weight excluding hydrogens is 134 g/mol. The van der Waals surface area contributed by atoms with Crippen molar-refractivity contribution >= 4 is 0 Å². The molecule has 0 aliphatic rings. The Morgan fingerprint density at radius 3 is 2.09 bits per heavy atom. The lowest BCUT2D eigenvalue weighted by Gasteiger charge is -2.14. The summed E-state index contributed by atoms with van der Waals surface area (Å²) in [5, 5.41) is 0. The first-order valence-electron chi connectivity index (χ1n) is 4.11. The molecule has 1 nitrogen and oxygen atoms in total. The Kier molecular flexibility index (Phi) is 2.64. The fourth-order valence-corrected chi connectivity index (χ4v) is 1.05. The molecule has 0 unspecified atom stereocenters. The molecule has 1 aromatic rings. The van der Waals surface area contributed by atoms with Gasteiger partial charge in [0.1, 0.15) is 0 Å². The van der Waals surface area contributed by atoms with E-state index in [1.54, 1.807) is 0 Å². The number of rotatable bonds is 2. The van der Waals surface area contributed by atoms with Crippen molar-refractivity contribution < 1.29 is 0 Å². The van der Waals surface area contributed by atoms with Gasteiger partial charge in [-0.3, -0.25) is 4.98 Å². The van der Waals surface area contributed by atoms with Gasteiger partial charge >= 0.3 is 0 Å². The third kappa shape index (κ3) is 2.04. The van der Waals surface area contributed by atoms with Crippen LogP contribution in [0.3, 0.4) is 0 Å². The van der Waals surface area contributed by atoms with Gasteiger partial charge in [0, 0.05) is 12.4 Å². The molecule has 11 heavy (non-hydrogen) atoms. The quantitative estimate of drug-likeness (QED) is 0.630. The minimum absolute atomic E-state index is 0.637. The fraction of sp³-hybridized carbons (Fsp3) is 0.500. The maximum absolute atomic E-state index is 3.99. The second kappa shape index (κ2) is 3.51. The van der Waals surface area contributed by atoms with E-state index in [0.29, 0.717) is 11.8 Å². The van der Waals surface area contributed by atoms with Crippen LogP contribution in [0.15, 0.2) is 24.5 Å². The molecule has 0 bridgehead atoms. The van der Waals surface area contributed by atoms with Crippen LogP contribution < -0.4 is 0 Å². The van der Waals surface area contributed by atoms with E-state index in [0.717, 1.165) is 0 Å². The summed E-state index contributed by atoms with van der Waals surface area (Å²) in [6.07, 6.45) is 3.71. The number of nitrogens with zero attached hydrogens (tertiary/aromatic N) is 1. The van der Waals surface area contributed by atoms with Crippen LogP contribution in [-0.2, 0) is 0 Å². The highest BCUT2D eigenvalue weighted by Gasteiger charge is 2.08. The highest BCUT2D eigenvalue weighted by Crippen LogP contribution is 2.22. The van der Waals surface area contributed by atoms with Crippen LogP contribution in [0, 0.1) is 5.92 Å². The third-order valence-corrected chi connectivity index (χ3v) is 2.23. The van der Waals surface area contributed by atoms with Crippen LogP contribution in [0.2, 0.25) is 0 Å². The van der Waals surface area contributed by atoms with Crippen LogP contribution in [0.4, 0.5) is 0 Å². The molecule has 1 heterocycles. The van der Waals surface area contributed by atoms with Crippen LogP contribution >= 0.6 is 0 Å². The summed E-state index contributed by atoms with van der Waals surface area (Å²) in [5.41, 5.74) is 1.38. The first-order chi connectivity index (χ1) is 5.22. The first kappa shape index (κ1) is 8.25. The molecule has 1 aromatic heterocycles. The van der Waals surface area contributed by atoms with Crippen molar-refractivity contribution in [1.29, 1.82) is 0 Å². The van der Waals surface area contributed by atoms with Crippen molar-refractivity contribution in [1.82, 2.24) is 4.98 Å². The molecule has 0 radical (unpaired) electrons. The van der Waals surface area contributed by atoms with Gasteiger partial charge in [-0.15, -0.1) is 0 Å². The molecule has 0 N–H and O–H groups in total. The van der Waals surface area contributed by atoms with E-state index in [-0.39, 0.29) is 0 Å². The SMILES string of the molecule is CC(C)[C@H](C)c1ccncc1. The van der Waals surface area contributed by atoms with E-state index in [4.69, 9.17) is 0 Å². The Morgan fingerprint density at radius 1 is 1.09 bits per heavy atom. The Morgan fingerprint density at radius 2 is 1.64 bits per heavy atom. The molecule has 0 fully saturated rings. The smallest absolute Gasteiger partial charge is 0.0270 e.